The third-order valence-corrected chi connectivity index (χ3v) is 6.00. The molecule has 1 amide bonds. The number of nitrogens with zero attached hydrogens (tertiary/aromatic N) is 4. The summed E-state index contributed by atoms with van der Waals surface area (Å²) in [4.78, 5) is 22.6. The Balaban J connectivity index is 1.41. The van der Waals surface area contributed by atoms with Crippen LogP contribution in [0.1, 0.15) is 29.0 Å². The first-order valence-electron chi connectivity index (χ1n) is 10.5. The number of aryl methyl sites for hydroxylation is 1. The van der Waals surface area contributed by atoms with Crippen molar-refractivity contribution in [3.63, 3.8) is 0 Å². The molecule has 0 spiro atoms. The molecule has 3 heterocycles. The van der Waals surface area contributed by atoms with Crippen LogP contribution in [0.5, 0.6) is 11.5 Å². The summed E-state index contributed by atoms with van der Waals surface area (Å²) in [5.41, 5.74) is 2.63. The maximum absolute atomic E-state index is 13.5. The molecule has 0 saturated carbocycles. The van der Waals surface area contributed by atoms with Gasteiger partial charge in [-0.3, -0.25) is 4.79 Å². The van der Waals surface area contributed by atoms with E-state index < -0.39 is 0 Å². The molecule has 7 nitrogen and oxygen atoms in total. The minimum atomic E-state index is -0.0143. The van der Waals surface area contributed by atoms with Crippen molar-refractivity contribution in [2.45, 2.75) is 19.4 Å². The van der Waals surface area contributed by atoms with Gasteiger partial charge in [-0.15, -0.1) is 0 Å². The van der Waals surface area contributed by atoms with Gasteiger partial charge in [0.2, 0.25) is 6.79 Å². The highest BCUT2D eigenvalue weighted by Crippen LogP contribution is 2.33. The molecule has 3 aromatic rings. The zero-order chi connectivity index (χ0) is 20.5. The van der Waals surface area contributed by atoms with Gasteiger partial charge in [-0.2, -0.15) is 0 Å². The number of rotatable bonds is 6. The number of para-hydroxylation sites is 2. The van der Waals surface area contributed by atoms with Gasteiger partial charge >= 0.3 is 0 Å². The van der Waals surface area contributed by atoms with Gasteiger partial charge in [0.25, 0.3) is 5.91 Å². The van der Waals surface area contributed by atoms with E-state index >= 15 is 0 Å². The average Bonchev–Trinajstić information content (AvgIpc) is 3.51. The zero-order valence-corrected chi connectivity index (χ0v) is 17.2. The monoisotopic (exact) mass is 406 g/mol. The van der Waals surface area contributed by atoms with Crippen molar-refractivity contribution in [2.75, 3.05) is 33.0 Å². The van der Waals surface area contributed by atoms with E-state index in [9.17, 15) is 4.79 Å². The van der Waals surface area contributed by atoms with Crippen molar-refractivity contribution >= 4 is 16.9 Å². The Hall–Kier alpha value is -3.06. The predicted octanol–water partition coefficient (Wildman–Crippen LogP) is 3.04. The second-order valence-electron chi connectivity index (χ2n) is 7.92. The topological polar surface area (TPSA) is 59.8 Å². The Kier molecular flexibility index (Phi) is 5.04. The molecule has 156 valence electrons. The molecule has 7 heteroatoms. The summed E-state index contributed by atoms with van der Waals surface area (Å²) in [6.45, 7) is 4.42. The fraction of sp³-hybridized carbons (Fsp3) is 0.391. The van der Waals surface area contributed by atoms with Gasteiger partial charge in [0.05, 0.1) is 17.6 Å². The Bertz CT molecular complexity index is 1070. The van der Waals surface area contributed by atoms with E-state index in [2.05, 4.69) is 15.5 Å². The summed E-state index contributed by atoms with van der Waals surface area (Å²) in [6, 6.07) is 13.5. The molecule has 2 aliphatic rings. The SMILES string of the molecule is Cn1c(CN(CCN2CCCC2)C(=O)c2ccc3c(c2)OCO3)nc2ccccc21. The number of fused-ring (bicyclic) bond motifs is 2. The van der Waals surface area contributed by atoms with Crippen LogP contribution >= 0.6 is 0 Å². The lowest BCUT2D eigenvalue weighted by Gasteiger charge is -2.25. The van der Waals surface area contributed by atoms with Crippen molar-refractivity contribution in [1.82, 2.24) is 19.4 Å². The third kappa shape index (κ3) is 3.61. The van der Waals surface area contributed by atoms with E-state index in [-0.39, 0.29) is 12.7 Å². The van der Waals surface area contributed by atoms with Gasteiger partial charge in [0, 0.05) is 25.7 Å². The average molecular weight is 406 g/mol. The number of aromatic nitrogens is 2. The highest BCUT2D eigenvalue weighted by atomic mass is 16.7. The van der Waals surface area contributed by atoms with Crippen molar-refractivity contribution < 1.29 is 14.3 Å². The Labute approximate surface area is 175 Å². The van der Waals surface area contributed by atoms with Crippen molar-refractivity contribution in [3.05, 3.63) is 53.9 Å². The van der Waals surface area contributed by atoms with E-state index in [1.54, 1.807) is 6.07 Å². The van der Waals surface area contributed by atoms with Gasteiger partial charge in [0.1, 0.15) is 5.82 Å². The summed E-state index contributed by atoms with van der Waals surface area (Å²) >= 11 is 0. The van der Waals surface area contributed by atoms with Gasteiger partial charge in [0.15, 0.2) is 11.5 Å². The van der Waals surface area contributed by atoms with Crippen LogP contribution in [0.3, 0.4) is 0 Å². The first-order valence-corrected chi connectivity index (χ1v) is 10.5. The number of carbonyl (C=O) groups is 1. The first kappa shape index (κ1) is 18.9. The fourth-order valence-corrected chi connectivity index (χ4v) is 4.24. The number of ether oxygens (including phenoxy) is 2. The quantitative estimate of drug-likeness (QED) is 0.630. The summed E-state index contributed by atoms with van der Waals surface area (Å²) in [5, 5.41) is 0. The van der Waals surface area contributed by atoms with Gasteiger partial charge in [-0.05, 0) is 56.3 Å². The van der Waals surface area contributed by atoms with Crippen LogP contribution in [-0.2, 0) is 13.6 Å². The predicted molar refractivity (Wildman–Crippen MR) is 114 cm³/mol. The molecule has 1 fully saturated rings. The molecule has 0 aliphatic carbocycles. The van der Waals surface area contributed by atoms with E-state index in [0.717, 1.165) is 36.5 Å². The standard InChI is InChI=1S/C23H26N4O3/c1-25-19-7-3-2-6-18(19)24-22(25)15-27(13-12-26-10-4-5-11-26)23(28)17-8-9-20-21(14-17)30-16-29-20/h2-3,6-9,14H,4-5,10-13,15-16H2,1H3. The van der Waals surface area contributed by atoms with Crippen LogP contribution < -0.4 is 9.47 Å². The molecule has 0 unspecified atom stereocenters. The summed E-state index contributed by atoms with van der Waals surface area (Å²) in [5.74, 6) is 2.18. The second kappa shape index (κ2) is 7.99. The highest BCUT2D eigenvalue weighted by Gasteiger charge is 2.23. The summed E-state index contributed by atoms with van der Waals surface area (Å²) in [6.07, 6.45) is 2.47. The molecule has 0 radical (unpaired) electrons. The normalized spacial score (nSPS) is 15.8. The molecule has 30 heavy (non-hydrogen) atoms. The van der Waals surface area contributed by atoms with Crippen LogP contribution in [0.15, 0.2) is 42.5 Å². The van der Waals surface area contributed by atoms with Crippen LogP contribution in [0.4, 0.5) is 0 Å². The second-order valence-corrected chi connectivity index (χ2v) is 7.92. The van der Waals surface area contributed by atoms with Crippen LogP contribution in [0.2, 0.25) is 0 Å². The van der Waals surface area contributed by atoms with Crippen molar-refractivity contribution in [3.8, 4) is 11.5 Å². The van der Waals surface area contributed by atoms with E-state index in [0.29, 0.717) is 30.2 Å². The lowest BCUT2D eigenvalue weighted by molar-refractivity contribution is 0.0721. The maximum Gasteiger partial charge on any atom is 0.254 e. The highest BCUT2D eigenvalue weighted by molar-refractivity contribution is 5.95. The van der Waals surface area contributed by atoms with E-state index in [1.807, 2.05) is 42.3 Å². The molecular formula is C23H26N4O3. The maximum atomic E-state index is 13.5. The minimum absolute atomic E-state index is 0.0143. The van der Waals surface area contributed by atoms with E-state index in [1.165, 1.54) is 12.8 Å². The number of hydrogen-bond donors (Lipinski definition) is 0. The number of amides is 1. The van der Waals surface area contributed by atoms with Gasteiger partial charge in [-0.1, -0.05) is 12.1 Å². The first-order chi connectivity index (χ1) is 14.7. The number of likely N-dealkylation sites (tertiary alicyclic amines) is 1. The molecule has 2 aromatic carbocycles. The molecule has 0 N–H and O–H groups in total. The number of benzene rings is 2. The molecular weight excluding hydrogens is 380 g/mol. The fourth-order valence-electron chi connectivity index (χ4n) is 4.24. The Morgan fingerprint density at radius 3 is 2.73 bits per heavy atom. The zero-order valence-electron chi connectivity index (χ0n) is 17.2. The van der Waals surface area contributed by atoms with Crippen LogP contribution in [0, 0.1) is 0 Å². The lowest BCUT2D eigenvalue weighted by atomic mass is 10.1. The molecule has 1 saturated heterocycles. The third-order valence-electron chi connectivity index (χ3n) is 6.00. The molecule has 1 aromatic heterocycles. The van der Waals surface area contributed by atoms with E-state index in [4.69, 9.17) is 14.5 Å². The summed E-state index contributed by atoms with van der Waals surface area (Å²) < 4.78 is 12.9. The minimum Gasteiger partial charge on any atom is -0.454 e. The van der Waals surface area contributed by atoms with Crippen molar-refractivity contribution in [2.24, 2.45) is 7.05 Å². The summed E-state index contributed by atoms with van der Waals surface area (Å²) in [7, 11) is 2.01. The van der Waals surface area contributed by atoms with Crippen molar-refractivity contribution in [1.29, 1.82) is 0 Å². The molecule has 5 rings (SSSR count). The number of carbonyl (C=O) groups excluding carboxylic acids is 1. The molecule has 0 bridgehead atoms. The molecule has 0 atom stereocenters. The van der Waals surface area contributed by atoms with Crippen LogP contribution in [0.25, 0.3) is 11.0 Å². The van der Waals surface area contributed by atoms with Gasteiger partial charge in [-0.25, -0.2) is 4.98 Å². The largest absolute Gasteiger partial charge is 0.454 e. The number of imidazole rings is 1. The Morgan fingerprint density at radius 1 is 1.10 bits per heavy atom. The smallest absolute Gasteiger partial charge is 0.254 e. The number of hydrogen-bond acceptors (Lipinski definition) is 5. The molecule has 2 aliphatic heterocycles. The Morgan fingerprint density at radius 2 is 1.90 bits per heavy atom. The lowest BCUT2D eigenvalue weighted by Crippen LogP contribution is -2.38. The van der Waals surface area contributed by atoms with Gasteiger partial charge < -0.3 is 23.8 Å². The van der Waals surface area contributed by atoms with Crippen LogP contribution in [-0.4, -0.2) is 58.2 Å².